The van der Waals surface area contributed by atoms with E-state index in [9.17, 15) is 4.79 Å². The van der Waals surface area contributed by atoms with Gasteiger partial charge in [-0.15, -0.1) is 0 Å². The number of carbonyl (C=O) groups excluding carboxylic acids is 1. The molecule has 10 heteroatoms. The third kappa shape index (κ3) is 7.41. The number of morpholine rings is 1. The number of aromatic nitrogens is 1. The fourth-order valence-corrected chi connectivity index (χ4v) is 5.90. The third-order valence-corrected chi connectivity index (χ3v) is 8.28. The van der Waals surface area contributed by atoms with Crippen LogP contribution in [0.3, 0.4) is 0 Å². The fourth-order valence-electron chi connectivity index (χ4n) is 5.73. The molecule has 1 amide bonds. The van der Waals surface area contributed by atoms with Gasteiger partial charge in [0.2, 0.25) is 6.41 Å². The van der Waals surface area contributed by atoms with Gasteiger partial charge >= 0.3 is 0 Å². The van der Waals surface area contributed by atoms with Crippen LogP contribution in [0.15, 0.2) is 60.7 Å². The first-order valence-corrected chi connectivity index (χ1v) is 15.2. The van der Waals surface area contributed by atoms with E-state index in [4.69, 9.17) is 35.3 Å². The molecule has 2 aliphatic heterocycles. The van der Waals surface area contributed by atoms with Crippen molar-refractivity contribution in [3.63, 3.8) is 0 Å². The molecule has 0 aliphatic carbocycles. The maximum Gasteiger partial charge on any atom is 0.210 e. The van der Waals surface area contributed by atoms with Crippen LogP contribution in [0.1, 0.15) is 29.3 Å². The Morgan fingerprint density at radius 1 is 0.909 bits per heavy atom. The summed E-state index contributed by atoms with van der Waals surface area (Å²) >= 11 is 6.26. The summed E-state index contributed by atoms with van der Waals surface area (Å²) in [7, 11) is 4.93. The van der Waals surface area contributed by atoms with E-state index in [0.717, 1.165) is 85.8 Å². The highest BCUT2D eigenvalue weighted by atomic mass is 35.5. The summed E-state index contributed by atoms with van der Waals surface area (Å²) in [4.78, 5) is 19.7. The number of nitrogens with one attached hydrogen (secondary N) is 1. The Kier molecular flexibility index (Phi) is 10.9. The van der Waals surface area contributed by atoms with E-state index in [1.165, 1.54) is 5.56 Å². The lowest BCUT2D eigenvalue weighted by Gasteiger charge is -2.33. The Labute approximate surface area is 263 Å². The molecule has 2 aliphatic rings. The summed E-state index contributed by atoms with van der Waals surface area (Å²) in [5, 5.41) is 1.82. The maximum atomic E-state index is 12.0. The van der Waals surface area contributed by atoms with Gasteiger partial charge in [-0.1, -0.05) is 17.7 Å². The van der Waals surface area contributed by atoms with Gasteiger partial charge in [-0.2, -0.15) is 0 Å². The van der Waals surface area contributed by atoms with Gasteiger partial charge in [0.05, 0.1) is 47.2 Å². The van der Waals surface area contributed by atoms with Gasteiger partial charge in [0.25, 0.3) is 0 Å². The molecular weight excluding hydrogens is 582 g/mol. The second-order valence-corrected chi connectivity index (χ2v) is 11.1. The van der Waals surface area contributed by atoms with Crippen LogP contribution in [-0.2, 0) is 16.0 Å². The molecular formula is C34H40ClN3O6. The summed E-state index contributed by atoms with van der Waals surface area (Å²) in [6, 6.07) is 19.0. The highest BCUT2D eigenvalue weighted by Gasteiger charge is 2.31. The average molecular weight is 622 g/mol. The van der Waals surface area contributed by atoms with Gasteiger partial charge < -0.3 is 33.6 Å². The lowest BCUT2D eigenvalue weighted by Crippen LogP contribution is -2.37. The number of aromatic amines is 1. The quantitative estimate of drug-likeness (QED) is 0.179. The predicted octanol–water partition coefficient (Wildman–Crippen LogP) is 5.74. The molecule has 1 aromatic heterocycles. The van der Waals surface area contributed by atoms with Gasteiger partial charge in [-0.05, 0) is 78.6 Å². The molecule has 9 nitrogen and oxygen atoms in total. The molecule has 3 aromatic carbocycles. The smallest absolute Gasteiger partial charge is 0.210 e. The minimum Gasteiger partial charge on any atom is -0.497 e. The minimum atomic E-state index is -0.225. The summed E-state index contributed by atoms with van der Waals surface area (Å²) in [5.74, 6) is 3.08. The average Bonchev–Trinajstić information content (AvgIpc) is 3.44. The largest absolute Gasteiger partial charge is 0.497 e. The summed E-state index contributed by atoms with van der Waals surface area (Å²) < 4.78 is 27.0. The third-order valence-electron chi connectivity index (χ3n) is 8.04. The van der Waals surface area contributed by atoms with E-state index in [0.29, 0.717) is 29.7 Å². The number of methoxy groups -OCH3 is 3. The standard InChI is InChI=1S/C26H30ClN3O4.C8H10O2/c1-32-24-15-18(3-6-23(24)34-12-2-8-29-10-13-33-14-11-29)26-25-20(7-9-30(26)17-31)21-16-19(27)4-5-22(21)28-25;1-9-7-3-5-8(10-2)6-4-7/h3-6,15-17,26,28H,2,7-14H2,1H3;3-6H,1-2H3. The van der Waals surface area contributed by atoms with Crippen molar-refractivity contribution in [2.24, 2.45) is 0 Å². The summed E-state index contributed by atoms with van der Waals surface area (Å²) in [6.45, 7) is 5.82. The number of fused-ring (bicyclic) bond motifs is 3. The van der Waals surface area contributed by atoms with Crippen molar-refractivity contribution < 1.29 is 28.5 Å². The van der Waals surface area contributed by atoms with Gasteiger partial charge in [0.1, 0.15) is 11.5 Å². The zero-order valence-electron chi connectivity index (χ0n) is 25.5. The van der Waals surface area contributed by atoms with Gasteiger partial charge in [-0.3, -0.25) is 9.69 Å². The first kappa shape index (κ1) is 31.5. The van der Waals surface area contributed by atoms with Gasteiger partial charge in [-0.25, -0.2) is 0 Å². The molecule has 0 radical (unpaired) electrons. The molecule has 6 rings (SSSR count). The molecule has 0 spiro atoms. The summed E-state index contributed by atoms with van der Waals surface area (Å²) in [5.41, 5.74) is 4.24. The molecule has 44 heavy (non-hydrogen) atoms. The zero-order chi connectivity index (χ0) is 30.9. The Morgan fingerprint density at radius 2 is 1.64 bits per heavy atom. The van der Waals surface area contributed by atoms with Crippen LogP contribution >= 0.6 is 11.6 Å². The Morgan fingerprint density at radius 3 is 2.30 bits per heavy atom. The number of hydrogen-bond donors (Lipinski definition) is 1. The van der Waals surface area contributed by atoms with E-state index in [1.807, 2.05) is 65.6 Å². The van der Waals surface area contributed by atoms with E-state index >= 15 is 0 Å². The molecule has 1 atom stereocenters. The number of H-pyrrole nitrogens is 1. The number of carbonyl (C=O) groups is 1. The molecule has 1 fully saturated rings. The Bertz CT molecular complexity index is 1500. The topological polar surface area (TPSA) is 85.5 Å². The normalized spacial score (nSPS) is 16.5. The predicted molar refractivity (Wildman–Crippen MR) is 172 cm³/mol. The number of nitrogens with zero attached hydrogens (tertiary/aromatic N) is 2. The Hall–Kier alpha value is -3.92. The highest BCUT2D eigenvalue weighted by molar-refractivity contribution is 6.31. The van der Waals surface area contributed by atoms with Gasteiger partial charge in [0, 0.05) is 47.8 Å². The van der Waals surface area contributed by atoms with Crippen LogP contribution in [0, 0.1) is 0 Å². The first-order chi connectivity index (χ1) is 21.5. The molecule has 0 saturated carbocycles. The zero-order valence-corrected chi connectivity index (χ0v) is 26.3. The van der Waals surface area contributed by atoms with Crippen LogP contribution in [0.2, 0.25) is 5.02 Å². The van der Waals surface area contributed by atoms with Crippen molar-refractivity contribution in [2.75, 3.05) is 67.3 Å². The molecule has 0 bridgehead atoms. The number of ether oxygens (including phenoxy) is 5. The van der Waals surface area contributed by atoms with Crippen molar-refractivity contribution in [2.45, 2.75) is 18.9 Å². The minimum absolute atomic E-state index is 0.225. The van der Waals surface area contributed by atoms with Crippen molar-refractivity contribution in [1.29, 1.82) is 0 Å². The van der Waals surface area contributed by atoms with E-state index < -0.39 is 0 Å². The molecule has 3 heterocycles. The lowest BCUT2D eigenvalue weighted by atomic mass is 9.92. The van der Waals surface area contributed by atoms with Crippen molar-refractivity contribution in [1.82, 2.24) is 14.8 Å². The number of amides is 1. The molecule has 1 saturated heterocycles. The molecule has 234 valence electrons. The fraction of sp³-hybridized carbons (Fsp3) is 0.382. The number of benzene rings is 3. The van der Waals surface area contributed by atoms with Crippen LogP contribution < -0.4 is 18.9 Å². The van der Waals surface area contributed by atoms with Crippen LogP contribution in [0.5, 0.6) is 23.0 Å². The maximum absolute atomic E-state index is 12.0. The first-order valence-electron chi connectivity index (χ1n) is 14.8. The van der Waals surface area contributed by atoms with Crippen molar-refractivity contribution in [3.8, 4) is 23.0 Å². The number of hydrogen-bond acceptors (Lipinski definition) is 7. The monoisotopic (exact) mass is 621 g/mol. The van der Waals surface area contributed by atoms with E-state index in [-0.39, 0.29) is 6.04 Å². The van der Waals surface area contributed by atoms with Crippen LogP contribution in [0.25, 0.3) is 10.9 Å². The van der Waals surface area contributed by atoms with Crippen molar-refractivity contribution >= 4 is 28.9 Å². The second kappa shape index (κ2) is 15.2. The Balaban J connectivity index is 0.000000328. The summed E-state index contributed by atoms with van der Waals surface area (Å²) in [6.07, 6.45) is 2.65. The molecule has 1 unspecified atom stereocenters. The lowest BCUT2D eigenvalue weighted by molar-refractivity contribution is -0.120. The van der Waals surface area contributed by atoms with Crippen LogP contribution in [-0.4, -0.2) is 88.5 Å². The second-order valence-electron chi connectivity index (χ2n) is 10.6. The molecule has 1 N–H and O–H groups in total. The van der Waals surface area contributed by atoms with Crippen LogP contribution in [0.4, 0.5) is 0 Å². The molecule has 4 aromatic rings. The van der Waals surface area contributed by atoms with E-state index in [1.54, 1.807) is 21.3 Å². The number of halogens is 1. The van der Waals surface area contributed by atoms with E-state index in [2.05, 4.69) is 9.88 Å². The SMILES string of the molecule is COc1cc(C2c3[nH]c4ccc(Cl)cc4c3CCN2C=O)ccc1OCCCN1CCOCC1.COc1ccc(OC)cc1. The highest BCUT2D eigenvalue weighted by Crippen LogP contribution is 2.40. The van der Waals surface area contributed by atoms with Crippen molar-refractivity contribution in [3.05, 3.63) is 82.5 Å². The number of rotatable bonds is 10. The van der Waals surface area contributed by atoms with Gasteiger partial charge in [0.15, 0.2) is 11.5 Å².